The van der Waals surface area contributed by atoms with E-state index in [1.54, 1.807) is 14.2 Å². The van der Waals surface area contributed by atoms with Gasteiger partial charge in [-0.05, 0) is 12.3 Å². The molecule has 6 nitrogen and oxygen atoms in total. The first-order valence-corrected chi connectivity index (χ1v) is 7.11. The molecule has 0 spiro atoms. The molecule has 0 aliphatic carbocycles. The van der Waals surface area contributed by atoms with Crippen molar-refractivity contribution < 1.29 is 14.3 Å². The number of nitrogens with two attached hydrogens (primary N) is 1. The van der Waals surface area contributed by atoms with Crippen LogP contribution in [0.5, 0.6) is 11.5 Å². The van der Waals surface area contributed by atoms with Crippen LogP contribution in [0.15, 0.2) is 18.2 Å². The SMILES string of the molecule is COc1cc(OC)cc(N2CCC(CNC(=O)CN)C2)c1. The van der Waals surface area contributed by atoms with Gasteiger partial charge < -0.3 is 25.4 Å². The molecule has 0 aromatic heterocycles. The first-order valence-electron chi connectivity index (χ1n) is 7.11. The molecular formula is C15H23N3O3. The molecule has 2 rings (SSSR count). The molecule has 116 valence electrons. The number of carbonyl (C=O) groups is 1. The van der Waals surface area contributed by atoms with Crippen molar-refractivity contribution in [2.75, 3.05) is 45.3 Å². The van der Waals surface area contributed by atoms with Gasteiger partial charge in [0.05, 0.1) is 20.8 Å². The van der Waals surface area contributed by atoms with Crippen molar-refractivity contribution in [3.8, 4) is 11.5 Å². The van der Waals surface area contributed by atoms with Gasteiger partial charge in [-0.15, -0.1) is 0 Å². The highest BCUT2D eigenvalue weighted by atomic mass is 16.5. The molecule has 1 heterocycles. The zero-order valence-electron chi connectivity index (χ0n) is 12.6. The standard InChI is InChI=1S/C15H23N3O3/c1-20-13-5-12(6-14(7-13)21-2)18-4-3-11(10-18)9-17-15(19)8-16/h5-7,11H,3-4,8-10,16H2,1-2H3,(H,17,19). The fourth-order valence-electron chi connectivity index (χ4n) is 2.54. The molecule has 1 aromatic carbocycles. The van der Waals surface area contributed by atoms with Gasteiger partial charge in [0.15, 0.2) is 0 Å². The maximum Gasteiger partial charge on any atom is 0.233 e. The van der Waals surface area contributed by atoms with Gasteiger partial charge in [-0.25, -0.2) is 0 Å². The Kier molecular flexibility index (Phi) is 5.27. The fraction of sp³-hybridized carbons (Fsp3) is 0.533. The maximum absolute atomic E-state index is 11.2. The molecule has 21 heavy (non-hydrogen) atoms. The summed E-state index contributed by atoms with van der Waals surface area (Å²) in [6.07, 6.45) is 1.05. The van der Waals surface area contributed by atoms with E-state index in [4.69, 9.17) is 15.2 Å². The van der Waals surface area contributed by atoms with Crippen LogP contribution in [0.1, 0.15) is 6.42 Å². The average molecular weight is 293 g/mol. The van der Waals surface area contributed by atoms with Crippen molar-refractivity contribution in [3.63, 3.8) is 0 Å². The molecule has 0 bridgehead atoms. The Balaban J connectivity index is 1.99. The van der Waals surface area contributed by atoms with Crippen molar-refractivity contribution >= 4 is 11.6 Å². The van der Waals surface area contributed by atoms with E-state index in [0.29, 0.717) is 12.5 Å². The van der Waals surface area contributed by atoms with Crippen molar-refractivity contribution in [3.05, 3.63) is 18.2 Å². The van der Waals surface area contributed by atoms with Crippen LogP contribution in [0.25, 0.3) is 0 Å². The molecule has 1 aliphatic rings. The summed E-state index contributed by atoms with van der Waals surface area (Å²) in [7, 11) is 3.29. The van der Waals surface area contributed by atoms with Crippen molar-refractivity contribution in [1.82, 2.24) is 5.32 Å². The van der Waals surface area contributed by atoms with Gasteiger partial charge in [0, 0.05) is 43.5 Å². The number of benzene rings is 1. The van der Waals surface area contributed by atoms with E-state index >= 15 is 0 Å². The Hall–Kier alpha value is -1.95. The van der Waals surface area contributed by atoms with Gasteiger partial charge in [0.2, 0.25) is 5.91 Å². The second-order valence-corrected chi connectivity index (χ2v) is 5.18. The summed E-state index contributed by atoms with van der Waals surface area (Å²) >= 11 is 0. The molecule has 1 unspecified atom stereocenters. The minimum Gasteiger partial charge on any atom is -0.497 e. The van der Waals surface area contributed by atoms with Crippen LogP contribution in [0, 0.1) is 5.92 Å². The van der Waals surface area contributed by atoms with Gasteiger partial charge >= 0.3 is 0 Å². The molecule has 3 N–H and O–H groups in total. The van der Waals surface area contributed by atoms with Crippen LogP contribution in [0.2, 0.25) is 0 Å². The largest absolute Gasteiger partial charge is 0.497 e. The zero-order valence-corrected chi connectivity index (χ0v) is 12.6. The minimum absolute atomic E-state index is 0.0452. The number of methoxy groups -OCH3 is 2. The van der Waals surface area contributed by atoms with Crippen LogP contribution in [0.4, 0.5) is 5.69 Å². The number of hydrogen-bond acceptors (Lipinski definition) is 5. The first kappa shape index (κ1) is 15.4. The summed E-state index contributed by atoms with van der Waals surface area (Å²) < 4.78 is 10.6. The highest BCUT2D eigenvalue weighted by Gasteiger charge is 2.23. The monoisotopic (exact) mass is 293 g/mol. The van der Waals surface area contributed by atoms with Gasteiger partial charge in [0.1, 0.15) is 11.5 Å². The summed E-state index contributed by atoms with van der Waals surface area (Å²) in [6, 6.07) is 5.87. The number of carbonyl (C=O) groups excluding carboxylic acids is 1. The van der Waals surface area contributed by atoms with E-state index in [0.717, 1.165) is 36.7 Å². The number of amides is 1. The highest BCUT2D eigenvalue weighted by Crippen LogP contribution is 2.31. The topological polar surface area (TPSA) is 76.8 Å². The molecule has 0 saturated carbocycles. The lowest BCUT2D eigenvalue weighted by atomic mass is 10.1. The summed E-state index contributed by atoms with van der Waals surface area (Å²) in [5.74, 6) is 1.91. The predicted octanol–water partition coefficient (Wildman–Crippen LogP) is 0.605. The first-order chi connectivity index (χ1) is 10.2. The quantitative estimate of drug-likeness (QED) is 0.803. The second-order valence-electron chi connectivity index (χ2n) is 5.18. The number of nitrogens with one attached hydrogen (secondary N) is 1. The lowest BCUT2D eigenvalue weighted by molar-refractivity contribution is -0.119. The fourth-order valence-corrected chi connectivity index (χ4v) is 2.54. The Morgan fingerprint density at radius 1 is 1.33 bits per heavy atom. The smallest absolute Gasteiger partial charge is 0.233 e. The van der Waals surface area contributed by atoms with Crippen LogP contribution < -0.4 is 25.4 Å². The summed E-state index contributed by atoms with van der Waals surface area (Å²) in [6.45, 7) is 2.58. The van der Waals surface area contributed by atoms with Crippen molar-refractivity contribution in [2.24, 2.45) is 11.7 Å². The van der Waals surface area contributed by atoms with Crippen LogP contribution >= 0.6 is 0 Å². The zero-order chi connectivity index (χ0) is 15.2. The Bertz CT molecular complexity index is 471. The average Bonchev–Trinajstić information content (AvgIpc) is 3.00. The molecule has 1 saturated heterocycles. The Morgan fingerprint density at radius 3 is 2.57 bits per heavy atom. The Morgan fingerprint density at radius 2 is 2.00 bits per heavy atom. The van der Waals surface area contributed by atoms with E-state index in [2.05, 4.69) is 10.2 Å². The molecule has 1 amide bonds. The predicted molar refractivity (Wildman–Crippen MR) is 81.9 cm³/mol. The summed E-state index contributed by atoms with van der Waals surface area (Å²) in [4.78, 5) is 13.5. The number of nitrogens with zero attached hydrogens (tertiary/aromatic N) is 1. The molecule has 1 atom stereocenters. The highest BCUT2D eigenvalue weighted by molar-refractivity contribution is 5.77. The summed E-state index contributed by atoms with van der Waals surface area (Å²) in [5, 5.41) is 2.85. The van der Waals surface area contributed by atoms with Crippen LogP contribution in [-0.4, -0.2) is 46.3 Å². The Labute approximate surface area is 125 Å². The minimum atomic E-state index is -0.100. The third-order valence-electron chi connectivity index (χ3n) is 3.76. The normalized spacial score (nSPS) is 17.7. The number of hydrogen-bond donors (Lipinski definition) is 2. The molecule has 0 radical (unpaired) electrons. The summed E-state index contributed by atoms with van der Waals surface area (Å²) in [5.41, 5.74) is 6.37. The van der Waals surface area contributed by atoms with Crippen molar-refractivity contribution in [2.45, 2.75) is 6.42 Å². The maximum atomic E-state index is 11.2. The van der Waals surface area contributed by atoms with Crippen molar-refractivity contribution in [1.29, 1.82) is 0 Å². The number of rotatable bonds is 6. The second kappa shape index (κ2) is 7.17. The lowest BCUT2D eigenvalue weighted by Gasteiger charge is -2.20. The third-order valence-corrected chi connectivity index (χ3v) is 3.76. The molecule has 6 heteroatoms. The van der Waals surface area contributed by atoms with E-state index < -0.39 is 0 Å². The molecule has 1 aromatic rings. The van der Waals surface area contributed by atoms with Crippen LogP contribution in [-0.2, 0) is 4.79 Å². The van der Waals surface area contributed by atoms with E-state index in [1.165, 1.54) is 0 Å². The number of ether oxygens (including phenoxy) is 2. The lowest BCUT2D eigenvalue weighted by Crippen LogP contribution is -2.35. The van der Waals surface area contributed by atoms with E-state index in [1.807, 2.05) is 18.2 Å². The van der Waals surface area contributed by atoms with E-state index in [9.17, 15) is 4.79 Å². The number of anilines is 1. The van der Waals surface area contributed by atoms with Gasteiger partial charge in [-0.1, -0.05) is 0 Å². The molecular weight excluding hydrogens is 270 g/mol. The molecule has 1 aliphatic heterocycles. The van der Waals surface area contributed by atoms with Gasteiger partial charge in [-0.3, -0.25) is 4.79 Å². The molecule has 1 fully saturated rings. The van der Waals surface area contributed by atoms with Gasteiger partial charge in [0.25, 0.3) is 0 Å². The van der Waals surface area contributed by atoms with Gasteiger partial charge in [-0.2, -0.15) is 0 Å². The van der Waals surface area contributed by atoms with Crippen LogP contribution in [0.3, 0.4) is 0 Å². The third kappa shape index (κ3) is 4.01. The van der Waals surface area contributed by atoms with E-state index in [-0.39, 0.29) is 12.5 Å².